The first-order valence-corrected chi connectivity index (χ1v) is 7.99. The fourth-order valence-corrected chi connectivity index (χ4v) is 2.73. The summed E-state index contributed by atoms with van der Waals surface area (Å²) >= 11 is 6.07. The molecular weight excluding hydrogens is 312 g/mol. The number of pyridine rings is 1. The molecule has 0 saturated heterocycles. The van der Waals surface area contributed by atoms with Crippen LogP contribution in [-0.2, 0) is 0 Å². The second kappa shape index (κ2) is 6.54. The summed E-state index contributed by atoms with van der Waals surface area (Å²) in [5.74, 6) is 1.22. The van der Waals surface area contributed by atoms with Gasteiger partial charge in [-0.2, -0.15) is 0 Å². The molecule has 5 nitrogen and oxygen atoms in total. The average Bonchev–Trinajstić information content (AvgIpc) is 3.06. The van der Waals surface area contributed by atoms with Crippen molar-refractivity contribution in [2.24, 2.45) is 0 Å². The van der Waals surface area contributed by atoms with Gasteiger partial charge < -0.3 is 9.30 Å². The van der Waals surface area contributed by atoms with Crippen LogP contribution >= 0.6 is 11.6 Å². The van der Waals surface area contributed by atoms with E-state index < -0.39 is 0 Å². The molecule has 2 heterocycles. The van der Waals surface area contributed by atoms with Gasteiger partial charge >= 0.3 is 0 Å². The van der Waals surface area contributed by atoms with Crippen molar-refractivity contribution < 1.29 is 4.74 Å². The number of aromatic nitrogens is 4. The van der Waals surface area contributed by atoms with Crippen LogP contribution < -0.4 is 4.74 Å². The van der Waals surface area contributed by atoms with E-state index in [1.807, 2.05) is 16.7 Å². The van der Waals surface area contributed by atoms with E-state index in [9.17, 15) is 0 Å². The zero-order chi connectivity index (χ0) is 16.4. The standard InChI is InChI=1S/C17H19ClN4O/c1-11(2)13-4-5-16(15-7-19-17(18)6-14(13)15)23-8-12(3)22-9-20-21-10-22/h4-7,9-12H,8H2,1-3H3/t12-/m1/s1. The highest BCUT2D eigenvalue weighted by Crippen LogP contribution is 2.33. The smallest absolute Gasteiger partial charge is 0.129 e. The fourth-order valence-electron chi connectivity index (χ4n) is 2.57. The van der Waals surface area contributed by atoms with Crippen molar-refractivity contribution in [2.75, 3.05) is 6.61 Å². The SMILES string of the molecule is CC(C)c1ccc(OC[C@@H](C)n2cnnc2)c2cnc(Cl)cc12. The van der Waals surface area contributed by atoms with E-state index in [0.29, 0.717) is 17.7 Å². The number of fused-ring (bicyclic) bond motifs is 1. The summed E-state index contributed by atoms with van der Waals surface area (Å²) in [4.78, 5) is 4.21. The summed E-state index contributed by atoms with van der Waals surface area (Å²) in [7, 11) is 0. The molecule has 0 saturated carbocycles. The lowest BCUT2D eigenvalue weighted by molar-refractivity contribution is 0.263. The molecule has 1 atom stereocenters. The van der Waals surface area contributed by atoms with E-state index in [-0.39, 0.29) is 6.04 Å². The Bertz CT molecular complexity index is 802. The van der Waals surface area contributed by atoms with E-state index in [2.05, 4.69) is 42.0 Å². The third-order valence-electron chi connectivity index (χ3n) is 3.91. The van der Waals surface area contributed by atoms with Gasteiger partial charge in [-0.1, -0.05) is 31.5 Å². The topological polar surface area (TPSA) is 52.8 Å². The van der Waals surface area contributed by atoms with Crippen LogP contribution in [0, 0.1) is 0 Å². The maximum Gasteiger partial charge on any atom is 0.129 e. The Morgan fingerprint density at radius 2 is 1.87 bits per heavy atom. The zero-order valence-corrected chi connectivity index (χ0v) is 14.2. The van der Waals surface area contributed by atoms with Crippen molar-refractivity contribution in [2.45, 2.75) is 32.7 Å². The Labute approximate surface area is 140 Å². The van der Waals surface area contributed by atoms with Crippen LogP contribution in [0.1, 0.15) is 38.3 Å². The molecule has 0 bridgehead atoms. The molecule has 0 amide bonds. The highest BCUT2D eigenvalue weighted by molar-refractivity contribution is 6.30. The van der Waals surface area contributed by atoms with Crippen LogP contribution in [0.2, 0.25) is 5.15 Å². The Kier molecular flexibility index (Phi) is 4.48. The Hall–Kier alpha value is -2.14. The van der Waals surface area contributed by atoms with Gasteiger partial charge in [-0.05, 0) is 35.9 Å². The second-order valence-corrected chi connectivity index (χ2v) is 6.32. The average molecular weight is 331 g/mol. The summed E-state index contributed by atoms with van der Waals surface area (Å²) in [6.45, 7) is 6.91. The molecule has 0 spiro atoms. The van der Waals surface area contributed by atoms with Gasteiger partial charge in [-0.3, -0.25) is 0 Å². The number of ether oxygens (including phenoxy) is 1. The zero-order valence-electron chi connectivity index (χ0n) is 13.4. The molecular formula is C17H19ClN4O. The molecule has 0 aliphatic rings. The van der Waals surface area contributed by atoms with E-state index in [0.717, 1.165) is 16.5 Å². The number of benzene rings is 1. The molecule has 3 aromatic rings. The summed E-state index contributed by atoms with van der Waals surface area (Å²) in [5, 5.41) is 10.2. The van der Waals surface area contributed by atoms with Crippen LogP contribution in [0.15, 0.2) is 37.1 Å². The third kappa shape index (κ3) is 3.29. The minimum Gasteiger partial charge on any atom is -0.491 e. The van der Waals surface area contributed by atoms with Gasteiger partial charge in [-0.25, -0.2) is 4.98 Å². The van der Waals surface area contributed by atoms with Gasteiger partial charge in [0, 0.05) is 11.6 Å². The van der Waals surface area contributed by atoms with Crippen molar-refractivity contribution >= 4 is 22.4 Å². The van der Waals surface area contributed by atoms with Crippen LogP contribution in [0.4, 0.5) is 0 Å². The molecule has 0 N–H and O–H groups in total. The number of hydrogen-bond acceptors (Lipinski definition) is 4. The van der Waals surface area contributed by atoms with E-state index in [1.165, 1.54) is 5.56 Å². The van der Waals surface area contributed by atoms with E-state index in [1.54, 1.807) is 18.9 Å². The summed E-state index contributed by atoms with van der Waals surface area (Å²) in [6, 6.07) is 6.15. The fraction of sp³-hybridized carbons (Fsp3) is 0.353. The lowest BCUT2D eigenvalue weighted by Crippen LogP contribution is -2.13. The molecule has 6 heteroatoms. The lowest BCUT2D eigenvalue weighted by Gasteiger charge is -2.17. The lowest BCUT2D eigenvalue weighted by atomic mass is 9.97. The molecule has 0 radical (unpaired) electrons. The van der Waals surface area contributed by atoms with Crippen molar-refractivity contribution in [3.05, 3.63) is 47.8 Å². The number of hydrogen-bond donors (Lipinski definition) is 0. The minimum absolute atomic E-state index is 0.144. The highest BCUT2D eigenvalue weighted by Gasteiger charge is 2.12. The van der Waals surface area contributed by atoms with Gasteiger partial charge in [0.15, 0.2) is 0 Å². The quantitative estimate of drug-likeness (QED) is 0.656. The summed E-state index contributed by atoms with van der Waals surface area (Å²) in [5.41, 5.74) is 1.24. The maximum atomic E-state index is 6.07. The third-order valence-corrected chi connectivity index (χ3v) is 4.12. The van der Waals surface area contributed by atoms with Gasteiger partial charge in [0.2, 0.25) is 0 Å². The van der Waals surface area contributed by atoms with Crippen LogP contribution in [0.3, 0.4) is 0 Å². The monoisotopic (exact) mass is 330 g/mol. The van der Waals surface area contributed by atoms with Gasteiger partial charge in [0.05, 0.1) is 6.04 Å². The first-order chi connectivity index (χ1) is 11.1. The molecule has 0 unspecified atom stereocenters. The molecule has 0 fully saturated rings. The molecule has 120 valence electrons. The van der Waals surface area contributed by atoms with Crippen molar-refractivity contribution in [3.63, 3.8) is 0 Å². The normalized spacial score (nSPS) is 12.7. The molecule has 23 heavy (non-hydrogen) atoms. The molecule has 0 aliphatic carbocycles. The maximum absolute atomic E-state index is 6.07. The van der Waals surface area contributed by atoms with Crippen LogP contribution in [0.25, 0.3) is 10.8 Å². The van der Waals surface area contributed by atoms with E-state index in [4.69, 9.17) is 16.3 Å². The Morgan fingerprint density at radius 1 is 1.13 bits per heavy atom. The van der Waals surface area contributed by atoms with Crippen molar-refractivity contribution in [1.82, 2.24) is 19.7 Å². The number of rotatable bonds is 5. The first kappa shape index (κ1) is 15.7. The van der Waals surface area contributed by atoms with Crippen LogP contribution in [-0.4, -0.2) is 26.4 Å². The Morgan fingerprint density at radius 3 is 2.57 bits per heavy atom. The predicted octanol–water partition coefficient (Wildman–Crippen LogP) is 4.24. The number of halogens is 1. The van der Waals surface area contributed by atoms with Gasteiger partial charge in [0.1, 0.15) is 30.2 Å². The highest BCUT2D eigenvalue weighted by atomic mass is 35.5. The number of nitrogens with zero attached hydrogens (tertiary/aromatic N) is 4. The summed E-state index contributed by atoms with van der Waals surface area (Å²) < 4.78 is 7.94. The van der Waals surface area contributed by atoms with Crippen molar-refractivity contribution in [3.8, 4) is 5.75 Å². The van der Waals surface area contributed by atoms with E-state index >= 15 is 0 Å². The van der Waals surface area contributed by atoms with Gasteiger partial charge in [-0.15, -0.1) is 10.2 Å². The predicted molar refractivity (Wildman–Crippen MR) is 91.1 cm³/mol. The minimum atomic E-state index is 0.144. The van der Waals surface area contributed by atoms with Gasteiger partial charge in [0.25, 0.3) is 0 Å². The second-order valence-electron chi connectivity index (χ2n) is 5.93. The van der Waals surface area contributed by atoms with Crippen molar-refractivity contribution in [1.29, 1.82) is 0 Å². The molecule has 3 rings (SSSR count). The molecule has 2 aromatic heterocycles. The van der Waals surface area contributed by atoms with Crippen LogP contribution in [0.5, 0.6) is 5.75 Å². The largest absolute Gasteiger partial charge is 0.491 e. The molecule has 0 aliphatic heterocycles. The Balaban J connectivity index is 1.91. The first-order valence-electron chi connectivity index (χ1n) is 7.61. The summed E-state index contributed by atoms with van der Waals surface area (Å²) in [6.07, 6.45) is 5.16. The molecule has 1 aromatic carbocycles.